The largest absolute Gasteiger partial charge is 0.324 e. The van der Waals surface area contributed by atoms with Gasteiger partial charge in [-0.05, 0) is 30.5 Å². The zero-order valence-electron chi connectivity index (χ0n) is 12.9. The highest BCUT2D eigenvalue weighted by atomic mass is 15.2. The van der Waals surface area contributed by atoms with Crippen molar-refractivity contribution in [2.24, 2.45) is 5.73 Å². The highest BCUT2D eigenvalue weighted by Crippen LogP contribution is 2.33. The van der Waals surface area contributed by atoms with Crippen LogP contribution in [-0.4, -0.2) is 23.5 Å². The van der Waals surface area contributed by atoms with Gasteiger partial charge in [-0.15, -0.1) is 0 Å². The Morgan fingerprint density at radius 1 is 1.05 bits per heavy atom. The second-order valence-electron chi connectivity index (χ2n) is 6.82. The van der Waals surface area contributed by atoms with Crippen LogP contribution in [0.5, 0.6) is 0 Å². The fraction of sp³-hybridized carbons (Fsp3) is 0.368. The molecule has 0 aromatic heterocycles. The van der Waals surface area contributed by atoms with Crippen LogP contribution in [0, 0.1) is 0 Å². The quantitative estimate of drug-likeness (QED) is 0.934. The molecule has 1 atom stereocenters. The molecular weight excluding hydrogens is 256 g/mol. The molecule has 110 valence electrons. The van der Waals surface area contributed by atoms with E-state index in [1.54, 1.807) is 0 Å². The summed E-state index contributed by atoms with van der Waals surface area (Å²) in [6.07, 6.45) is 0. The fourth-order valence-electron chi connectivity index (χ4n) is 3.35. The van der Waals surface area contributed by atoms with E-state index < -0.39 is 0 Å². The molecular formula is C19H24N2. The zero-order valence-corrected chi connectivity index (χ0v) is 12.9. The molecule has 0 fully saturated rings. The monoisotopic (exact) mass is 280 g/mol. The second-order valence-corrected chi connectivity index (χ2v) is 6.82. The summed E-state index contributed by atoms with van der Waals surface area (Å²) in [5.41, 5.74) is 10.4. The molecule has 2 heteroatoms. The Morgan fingerprint density at radius 3 is 2.43 bits per heavy atom. The van der Waals surface area contributed by atoms with Crippen LogP contribution in [0.15, 0.2) is 54.6 Å². The van der Waals surface area contributed by atoms with Crippen molar-refractivity contribution in [2.75, 3.05) is 13.1 Å². The summed E-state index contributed by atoms with van der Waals surface area (Å²) in [4.78, 5) is 2.49. The number of hydrogen-bond donors (Lipinski definition) is 1. The highest BCUT2D eigenvalue weighted by molar-refractivity contribution is 5.40. The number of hydrogen-bond acceptors (Lipinski definition) is 2. The maximum Gasteiger partial charge on any atom is 0.0237 e. The van der Waals surface area contributed by atoms with E-state index in [-0.39, 0.29) is 5.54 Å². The third-order valence-corrected chi connectivity index (χ3v) is 4.10. The maximum absolute atomic E-state index is 6.23. The van der Waals surface area contributed by atoms with Crippen LogP contribution in [0.2, 0.25) is 0 Å². The Labute approximate surface area is 127 Å². The van der Waals surface area contributed by atoms with Crippen LogP contribution in [0.25, 0.3) is 0 Å². The van der Waals surface area contributed by atoms with Gasteiger partial charge in [0, 0.05) is 31.1 Å². The number of fused-ring (bicyclic) bond motifs is 1. The van der Waals surface area contributed by atoms with E-state index in [1.807, 2.05) is 0 Å². The standard InChI is InChI=1S/C19H24N2/c1-19(2,20)14-21-12-16-10-6-7-11-17(16)18(13-21)15-8-4-3-5-9-15/h3-11,18H,12-14,20H2,1-2H3. The fourth-order valence-corrected chi connectivity index (χ4v) is 3.35. The number of rotatable bonds is 3. The van der Waals surface area contributed by atoms with Crippen molar-refractivity contribution in [2.45, 2.75) is 31.8 Å². The Morgan fingerprint density at radius 2 is 1.71 bits per heavy atom. The normalized spacial score (nSPS) is 19.3. The molecule has 1 aliphatic rings. The van der Waals surface area contributed by atoms with Gasteiger partial charge in [0.2, 0.25) is 0 Å². The molecule has 0 saturated carbocycles. The first-order valence-corrected chi connectivity index (χ1v) is 7.67. The minimum Gasteiger partial charge on any atom is -0.324 e. The Balaban J connectivity index is 1.95. The molecule has 1 aliphatic heterocycles. The van der Waals surface area contributed by atoms with Crippen molar-refractivity contribution < 1.29 is 0 Å². The van der Waals surface area contributed by atoms with Crippen LogP contribution < -0.4 is 5.73 Å². The highest BCUT2D eigenvalue weighted by Gasteiger charge is 2.28. The molecule has 0 aliphatic carbocycles. The van der Waals surface area contributed by atoms with Crippen molar-refractivity contribution >= 4 is 0 Å². The van der Waals surface area contributed by atoms with Gasteiger partial charge in [-0.1, -0.05) is 54.6 Å². The first-order valence-electron chi connectivity index (χ1n) is 7.67. The van der Waals surface area contributed by atoms with Crippen LogP contribution >= 0.6 is 0 Å². The number of nitrogens with two attached hydrogens (primary N) is 1. The van der Waals surface area contributed by atoms with Crippen LogP contribution in [0.4, 0.5) is 0 Å². The lowest BCUT2D eigenvalue weighted by Crippen LogP contribution is -2.47. The molecule has 2 aromatic carbocycles. The van der Waals surface area contributed by atoms with Gasteiger partial charge >= 0.3 is 0 Å². The van der Waals surface area contributed by atoms with Gasteiger partial charge in [0.1, 0.15) is 0 Å². The van der Waals surface area contributed by atoms with Gasteiger partial charge in [-0.25, -0.2) is 0 Å². The summed E-state index contributed by atoms with van der Waals surface area (Å²) in [5, 5.41) is 0. The van der Waals surface area contributed by atoms with E-state index >= 15 is 0 Å². The lowest BCUT2D eigenvalue weighted by Gasteiger charge is -2.38. The maximum atomic E-state index is 6.23. The lowest BCUT2D eigenvalue weighted by atomic mass is 9.84. The topological polar surface area (TPSA) is 29.3 Å². The van der Waals surface area contributed by atoms with Crippen molar-refractivity contribution in [3.8, 4) is 0 Å². The summed E-state index contributed by atoms with van der Waals surface area (Å²) in [6.45, 7) is 7.17. The number of benzene rings is 2. The molecule has 0 radical (unpaired) electrons. The molecule has 3 rings (SSSR count). The predicted molar refractivity (Wildman–Crippen MR) is 88.3 cm³/mol. The van der Waals surface area contributed by atoms with Crippen LogP contribution in [0.1, 0.15) is 36.5 Å². The summed E-state index contributed by atoms with van der Waals surface area (Å²) < 4.78 is 0. The van der Waals surface area contributed by atoms with E-state index in [9.17, 15) is 0 Å². The van der Waals surface area contributed by atoms with Crippen LogP contribution in [-0.2, 0) is 6.54 Å². The van der Waals surface area contributed by atoms with Gasteiger partial charge in [0.15, 0.2) is 0 Å². The third kappa shape index (κ3) is 3.34. The predicted octanol–water partition coefficient (Wildman–Crippen LogP) is 3.37. The van der Waals surface area contributed by atoms with E-state index in [2.05, 4.69) is 73.3 Å². The second kappa shape index (κ2) is 5.63. The summed E-state index contributed by atoms with van der Waals surface area (Å²) >= 11 is 0. The Bertz CT molecular complexity index is 598. The molecule has 2 N–H and O–H groups in total. The first-order chi connectivity index (χ1) is 10.0. The molecule has 1 unspecified atom stereocenters. The van der Waals surface area contributed by atoms with Gasteiger partial charge in [0.05, 0.1) is 0 Å². The van der Waals surface area contributed by atoms with E-state index in [0.717, 1.165) is 19.6 Å². The molecule has 0 bridgehead atoms. The van der Waals surface area contributed by atoms with Gasteiger partial charge in [0.25, 0.3) is 0 Å². The molecule has 2 nitrogen and oxygen atoms in total. The summed E-state index contributed by atoms with van der Waals surface area (Å²) in [5.74, 6) is 0.443. The van der Waals surface area contributed by atoms with E-state index in [1.165, 1.54) is 16.7 Å². The van der Waals surface area contributed by atoms with Gasteiger partial charge in [-0.2, -0.15) is 0 Å². The smallest absolute Gasteiger partial charge is 0.0237 e. The molecule has 0 amide bonds. The lowest BCUT2D eigenvalue weighted by molar-refractivity contribution is 0.199. The Hall–Kier alpha value is -1.64. The minimum absolute atomic E-state index is 0.159. The van der Waals surface area contributed by atoms with Crippen LogP contribution in [0.3, 0.4) is 0 Å². The zero-order chi connectivity index (χ0) is 14.9. The average molecular weight is 280 g/mol. The van der Waals surface area contributed by atoms with Crippen molar-refractivity contribution in [3.05, 3.63) is 71.3 Å². The summed E-state index contributed by atoms with van der Waals surface area (Å²) in [6, 6.07) is 19.6. The Kier molecular flexibility index (Phi) is 3.83. The average Bonchev–Trinajstić information content (AvgIpc) is 2.45. The van der Waals surface area contributed by atoms with Gasteiger partial charge < -0.3 is 5.73 Å². The van der Waals surface area contributed by atoms with Crippen molar-refractivity contribution in [1.82, 2.24) is 4.90 Å². The van der Waals surface area contributed by atoms with Gasteiger partial charge in [-0.3, -0.25) is 4.90 Å². The van der Waals surface area contributed by atoms with Crippen molar-refractivity contribution in [3.63, 3.8) is 0 Å². The minimum atomic E-state index is -0.159. The number of nitrogens with zero attached hydrogens (tertiary/aromatic N) is 1. The molecule has 1 heterocycles. The molecule has 2 aromatic rings. The van der Waals surface area contributed by atoms with Crippen molar-refractivity contribution in [1.29, 1.82) is 0 Å². The van der Waals surface area contributed by atoms with E-state index in [4.69, 9.17) is 5.73 Å². The third-order valence-electron chi connectivity index (χ3n) is 4.10. The van der Waals surface area contributed by atoms with E-state index in [0.29, 0.717) is 5.92 Å². The molecule has 0 saturated heterocycles. The first kappa shape index (κ1) is 14.3. The molecule has 0 spiro atoms. The summed E-state index contributed by atoms with van der Waals surface area (Å²) in [7, 11) is 0. The SMILES string of the molecule is CC(C)(N)CN1Cc2ccccc2C(c2ccccc2)C1. The molecule has 21 heavy (non-hydrogen) atoms.